The summed E-state index contributed by atoms with van der Waals surface area (Å²) in [5.74, 6) is -1.55. The second kappa shape index (κ2) is 9.03. The maximum Gasteiger partial charge on any atom is 0.307 e. The van der Waals surface area contributed by atoms with Crippen LogP contribution in [0.25, 0.3) is 0 Å². The maximum atomic E-state index is 13.5. The number of hydrogen-bond donors (Lipinski definition) is 1. The van der Waals surface area contributed by atoms with Gasteiger partial charge in [0.15, 0.2) is 18.2 Å². The summed E-state index contributed by atoms with van der Waals surface area (Å²) in [7, 11) is 1.27. The zero-order valence-electron chi connectivity index (χ0n) is 13.5. The Labute approximate surface area is 149 Å². The average molecular weight is 366 g/mol. The smallest absolute Gasteiger partial charge is 0.307 e. The molecule has 0 saturated heterocycles. The van der Waals surface area contributed by atoms with Gasteiger partial charge in [-0.2, -0.15) is 0 Å². The number of methoxy groups -OCH3 is 1. The summed E-state index contributed by atoms with van der Waals surface area (Å²) in [5, 5.41) is 3.21. The number of ether oxygens (including phenoxy) is 2. The molecule has 0 heterocycles. The van der Waals surface area contributed by atoms with E-state index in [1.165, 1.54) is 25.3 Å². The van der Waals surface area contributed by atoms with Crippen LogP contribution in [-0.4, -0.2) is 25.6 Å². The molecule has 0 aliphatic carbocycles. The van der Waals surface area contributed by atoms with Crippen molar-refractivity contribution in [1.29, 1.82) is 0 Å². The van der Waals surface area contributed by atoms with Gasteiger partial charge in [0.05, 0.1) is 19.6 Å². The molecule has 0 aromatic heterocycles. The van der Waals surface area contributed by atoms with E-state index >= 15 is 0 Å². The zero-order chi connectivity index (χ0) is 18.2. The summed E-state index contributed by atoms with van der Waals surface area (Å²) in [6.45, 7) is -0.383. The van der Waals surface area contributed by atoms with Crippen LogP contribution in [-0.2, 0) is 14.3 Å². The van der Waals surface area contributed by atoms with Crippen LogP contribution in [0.4, 0.5) is 4.39 Å². The zero-order valence-corrected chi connectivity index (χ0v) is 14.3. The Bertz CT molecular complexity index is 736. The largest absolute Gasteiger partial charge is 0.481 e. The van der Waals surface area contributed by atoms with Crippen LogP contribution in [0.3, 0.4) is 0 Å². The maximum absolute atomic E-state index is 13.5. The number of halogens is 2. The van der Waals surface area contributed by atoms with Gasteiger partial charge in [0.1, 0.15) is 0 Å². The molecule has 1 amide bonds. The van der Waals surface area contributed by atoms with Crippen molar-refractivity contribution in [3.63, 3.8) is 0 Å². The van der Waals surface area contributed by atoms with E-state index in [9.17, 15) is 14.0 Å². The molecule has 0 fully saturated rings. The molecule has 2 rings (SSSR count). The Kier molecular flexibility index (Phi) is 6.77. The molecule has 0 spiro atoms. The van der Waals surface area contributed by atoms with Gasteiger partial charge in [0.2, 0.25) is 0 Å². The minimum atomic E-state index is -0.610. The number of benzene rings is 2. The van der Waals surface area contributed by atoms with Crippen LogP contribution in [0.15, 0.2) is 48.5 Å². The first-order valence-electron chi connectivity index (χ1n) is 7.48. The Morgan fingerprint density at radius 1 is 1.16 bits per heavy atom. The van der Waals surface area contributed by atoms with Gasteiger partial charge in [0, 0.05) is 5.02 Å². The van der Waals surface area contributed by atoms with Crippen LogP contribution >= 0.6 is 11.6 Å². The second-order valence-electron chi connectivity index (χ2n) is 5.17. The molecule has 25 heavy (non-hydrogen) atoms. The van der Waals surface area contributed by atoms with Crippen molar-refractivity contribution in [1.82, 2.24) is 5.32 Å². The van der Waals surface area contributed by atoms with Crippen LogP contribution < -0.4 is 10.1 Å². The fraction of sp³-hybridized carbons (Fsp3) is 0.222. The predicted octanol–water partition coefficient (Wildman–Crippen LogP) is 3.28. The number of nitrogens with one attached hydrogen (secondary N) is 1. The van der Waals surface area contributed by atoms with Crippen molar-refractivity contribution in [2.75, 3.05) is 13.7 Å². The van der Waals surface area contributed by atoms with Crippen molar-refractivity contribution in [2.45, 2.75) is 12.5 Å². The SMILES string of the molecule is COC(=O)C[C@@H](NC(=O)COc1ccccc1F)c1ccc(Cl)cc1. The topological polar surface area (TPSA) is 64.6 Å². The summed E-state index contributed by atoms with van der Waals surface area (Å²) in [6, 6.07) is 11.9. The van der Waals surface area contributed by atoms with Gasteiger partial charge in [-0.15, -0.1) is 0 Å². The number of esters is 1. The Morgan fingerprint density at radius 3 is 2.48 bits per heavy atom. The molecule has 1 N–H and O–H groups in total. The highest BCUT2D eigenvalue weighted by Gasteiger charge is 2.19. The third-order valence-electron chi connectivity index (χ3n) is 3.40. The van der Waals surface area contributed by atoms with Crippen molar-refractivity contribution < 1.29 is 23.5 Å². The number of carbonyl (C=O) groups excluding carboxylic acids is 2. The number of hydrogen-bond acceptors (Lipinski definition) is 4. The molecule has 0 bridgehead atoms. The van der Waals surface area contributed by atoms with Gasteiger partial charge in [-0.25, -0.2) is 4.39 Å². The average Bonchev–Trinajstić information content (AvgIpc) is 2.61. The summed E-state index contributed by atoms with van der Waals surface area (Å²) in [5.41, 5.74) is 0.689. The van der Waals surface area contributed by atoms with E-state index in [2.05, 4.69) is 10.1 Å². The molecule has 132 valence electrons. The first-order chi connectivity index (χ1) is 12.0. The lowest BCUT2D eigenvalue weighted by molar-refractivity contribution is -0.141. The number of amides is 1. The van der Waals surface area contributed by atoms with Gasteiger partial charge in [-0.05, 0) is 29.8 Å². The highest BCUT2D eigenvalue weighted by atomic mass is 35.5. The van der Waals surface area contributed by atoms with E-state index in [0.29, 0.717) is 10.6 Å². The normalized spacial score (nSPS) is 11.5. The number of rotatable bonds is 7. The molecule has 2 aromatic rings. The monoisotopic (exact) mass is 365 g/mol. The first-order valence-corrected chi connectivity index (χ1v) is 7.86. The quantitative estimate of drug-likeness (QED) is 0.765. The molecule has 1 atom stereocenters. The molecule has 5 nitrogen and oxygen atoms in total. The van der Waals surface area contributed by atoms with Gasteiger partial charge >= 0.3 is 5.97 Å². The molecular weight excluding hydrogens is 349 g/mol. The molecule has 7 heteroatoms. The summed E-state index contributed by atoms with van der Waals surface area (Å²) < 4.78 is 23.3. The second-order valence-corrected chi connectivity index (χ2v) is 5.61. The summed E-state index contributed by atoms with van der Waals surface area (Å²) in [4.78, 5) is 23.7. The van der Waals surface area contributed by atoms with Gasteiger partial charge in [-0.1, -0.05) is 35.9 Å². The van der Waals surface area contributed by atoms with Crippen LogP contribution in [0.1, 0.15) is 18.0 Å². The molecular formula is C18H17ClFNO4. The first kappa shape index (κ1) is 18.7. The third-order valence-corrected chi connectivity index (χ3v) is 3.65. The third kappa shape index (κ3) is 5.76. The van der Waals surface area contributed by atoms with Crippen LogP contribution in [0.2, 0.25) is 5.02 Å². The molecule has 0 aliphatic heterocycles. The Morgan fingerprint density at radius 2 is 1.84 bits per heavy atom. The molecule has 2 aromatic carbocycles. The standard InChI is InChI=1S/C18H17ClFNO4/c1-24-18(23)10-15(12-6-8-13(19)9-7-12)21-17(22)11-25-16-5-3-2-4-14(16)20/h2-9,15H,10-11H2,1H3,(H,21,22)/t15-/m1/s1. The van der Waals surface area contributed by atoms with Crippen LogP contribution in [0.5, 0.6) is 5.75 Å². The van der Waals surface area contributed by atoms with Crippen molar-refractivity contribution in [3.8, 4) is 5.75 Å². The van der Waals surface area contributed by atoms with Gasteiger partial charge < -0.3 is 14.8 Å². The lowest BCUT2D eigenvalue weighted by Crippen LogP contribution is -2.34. The predicted molar refractivity (Wildman–Crippen MR) is 90.9 cm³/mol. The molecule has 0 saturated carbocycles. The van der Waals surface area contributed by atoms with E-state index in [-0.39, 0.29) is 18.8 Å². The molecule has 0 aliphatic rings. The molecule has 0 radical (unpaired) electrons. The lowest BCUT2D eigenvalue weighted by atomic mass is 10.0. The van der Waals surface area contributed by atoms with E-state index < -0.39 is 23.7 Å². The van der Waals surface area contributed by atoms with E-state index in [4.69, 9.17) is 16.3 Å². The van der Waals surface area contributed by atoms with Crippen molar-refractivity contribution in [2.24, 2.45) is 0 Å². The van der Waals surface area contributed by atoms with E-state index in [1.807, 2.05) is 0 Å². The van der Waals surface area contributed by atoms with Gasteiger partial charge in [0.25, 0.3) is 5.91 Å². The molecule has 0 unspecified atom stereocenters. The number of para-hydroxylation sites is 1. The van der Waals surface area contributed by atoms with Crippen molar-refractivity contribution >= 4 is 23.5 Å². The Balaban J connectivity index is 2.02. The minimum absolute atomic E-state index is 0.0198. The van der Waals surface area contributed by atoms with Crippen LogP contribution in [0, 0.1) is 5.82 Å². The fourth-order valence-electron chi connectivity index (χ4n) is 2.14. The fourth-order valence-corrected chi connectivity index (χ4v) is 2.26. The summed E-state index contributed by atoms with van der Waals surface area (Å²) >= 11 is 5.85. The minimum Gasteiger partial charge on any atom is -0.481 e. The number of carbonyl (C=O) groups is 2. The summed E-state index contributed by atoms with van der Waals surface area (Å²) in [6.07, 6.45) is -0.0520. The highest BCUT2D eigenvalue weighted by molar-refractivity contribution is 6.30. The lowest BCUT2D eigenvalue weighted by Gasteiger charge is -2.18. The Hall–Kier alpha value is -2.60. The van der Waals surface area contributed by atoms with E-state index in [1.54, 1.807) is 30.3 Å². The van der Waals surface area contributed by atoms with Gasteiger partial charge in [-0.3, -0.25) is 9.59 Å². The highest BCUT2D eigenvalue weighted by Crippen LogP contribution is 2.20. The van der Waals surface area contributed by atoms with E-state index in [0.717, 1.165) is 0 Å². The van der Waals surface area contributed by atoms with Crippen molar-refractivity contribution in [3.05, 3.63) is 64.9 Å².